The maximum absolute atomic E-state index is 12.7. The van der Waals surface area contributed by atoms with E-state index in [1.807, 2.05) is 38.1 Å². The molecule has 0 aliphatic heterocycles. The average molecular weight is 328 g/mol. The molecule has 0 radical (unpaired) electrons. The Bertz CT molecular complexity index is 674. The summed E-state index contributed by atoms with van der Waals surface area (Å²) in [7, 11) is 0. The van der Waals surface area contributed by atoms with Gasteiger partial charge in [0.1, 0.15) is 0 Å². The third-order valence-electron chi connectivity index (χ3n) is 4.56. The number of hydrogen-bond donors (Lipinski definition) is 2. The largest absolute Gasteiger partial charge is 0.396 e. The van der Waals surface area contributed by atoms with Gasteiger partial charge in [-0.3, -0.25) is 4.79 Å². The number of aliphatic hydroxyl groups excluding tert-OH is 1. The number of hydrogen-bond acceptors (Lipinski definition) is 2. The minimum absolute atomic E-state index is 0.0142. The number of rotatable bonds is 7. The molecule has 0 fully saturated rings. The van der Waals surface area contributed by atoms with E-state index in [1.165, 1.54) is 5.56 Å². The predicted molar refractivity (Wildman–Crippen MR) is 97.2 cm³/mol. The summed E-state index contributed by atoms with van der Waals surface area (Å²) in [5, 5.41) is 12.2. The van der Waals surface area contributed by atoms with Gasteiger partial charge in [-0.1, -0.05) is 44.2 Å². The molecule has 0 aliphatic carbocycles. The first kappa shape index (κ1) is 18.3. The molecule has 2 rings (SSSR count). The van der Waals surface area contributed by atoms with Gasteiger partial charge in [-0.2, -0.15) is 0 Å². The van der Waals surface area contributed by atoms with E-state index in [1.54, 1.807) is 0 Å². The maximum atomic E-state index is 12.7. The Morgan fingerprint density at radius 2 is 1.88 bits per heavy atom. The summed E-state index contributed by atoms with van der Waals surface area (Å²) < 4.78 is 2.17. The van der Waals surface area contributed by atoms with E-state index < -0.39 is 0 Å². The van der Waals surface area contributed by atoms with Crippen LogP contribution in [0.3, 0.4) is 0 Å². The molecule has 0 spiro atoms. The lowest BCUT2D eigenvalue weighted by molar-refractivity contribution is 0.0916. The number of nitrogens with zero attached hydrogens (tertiary/aromatic N) is 1. The fourth-order valence-electron chi connectivity index (χ4n) is 3.00. The van der Waals surface area contributed by atoms with Crippen LogP contribution in [0.15, 0.2) is 36.4 Å². The van der Waals surface area contributed by atoms with Gasteiger partial charge in [0.05, 0.1) is 5.56 Å². The topological polar surface area (TPSA) is 54.3 Å². The highest BCUT2D eigenvalue weighted by Crippen LogP contribution is 2.18. The predicted octanol–water partition coefficient (Wildman–Crippen LogP) is 3.29. The summed E-state index contributed by atoms with van der Waals surface area (Å²) in [6.45, 7) is 8.96. The van der Waals surface area contributed by atoms with Crippen molar-refractivity contribution in [1.29, 1.82) is 0 Å². The Labute approximate surface area is 144 Å². The Morgan fingerprint density at radius 1 is 1.21 bits per heavy atom. The second-order valence-corrected chi connectivity index (χ2v) is 6.69. The van der Waals surface area contributed by atoms with Gasteiger partial charge in [-0.25, -0.2) is 0 Å². The van der Waals surface area contributed by atoms with Gasteiger partial charge in [-0.15, -0.1) is 0 Å². The van der Waals surface area contributed by atoms with Crippen LogP contribution in [0.1, 0.15) is 47.6 Å². The van der Waals surface area contributed by atoms with E-state index in [4.69, 9.17) is 0 Å². The van der Waals surface area contributed by atoms with Crippen LogP contribution in [0.5, 0.6) is 0 Å². The normalized spacial score (nSPS) is 12.4. The molecular weight excluding hydrogens is 300 g/mol. The van der Waals surface area contributed by atoms with E-state index in [-0.39, 0.29) is 24.5 Å². The number of nitrogens with one attached hydrogen (secondary N) is 1. The van der Waals surface area contributed by atoms with Crippen LogP contribution in [0.25, 0.3) is 0 Å². The number of carbonyl (C=O) groups excluding carboxylic acids is 1. The minimum atomic E-state index is -0.0606. The van der Waals surface area contributed by atoms with Gasteiger partial charge in [0.15, 0.2) is 0 Å². The van der Waals surface area contributed by atoms with E-state index >= 15 is 0 Å². The maximum Gasteiger partial charge on any atom is 0.253 e. The molecule has 2 aromatic rings. The van der Waals surface area contributed by atoms with E-state index in [2.05, 4.69) is 35.9 Å². The van der Waals surface area contributed by atoms with Crippen molar-refractivity contribution in [2.45, 2.75) is 46.7 Å². The summed E-state index contributed by atoms with van der Waals surface area (Å²) in [5.41, 5.74) is 3.98. The molecule has 1 atom stereocenters. The summed E-state index contributed by atoms with van der Waals surface area (Å²) in [6.07, 6.45) is 0.576. The Hall–Kier alpha value is -2.07. The van der Waals surface area contributed by atoms with Crippen LogP contribution in [-0.2, 0) is 6.54 Å². The van der Waals surface area contributed by atoms with E-state index in [0.717, 1.165) is 17.9 Å². The van der Waals surface area contributed by atoms with Crippen molar-refractivity contribution < 1.29 is 9.90 Å². The van der Waals surface area contributed by atoms with Crippen LogP contribution < -0.4 is 5.32 Å². The zero-order valence-electron chi connectivity index (χ0n) is 15.0. The standard InChI is InChI=1S/C20H28N2O2/c1-14(2)19(10-11-23)21-20(24)18-12-15(3)22(16(18)4)13-17-8-6-5-7-9-17/h5-9,12,14,19,23H,10-11,13H2,1-4H3,(H,21,24). The molecule has 0 saturated heterocycles. The third kappa shape index (κ3) is 4.26. The highest BCUT2D eigenvalue weighted by atomic mass is 16.3. The molecule has 4 heteroatoms. The first-order valence-corrected chi connectivity index (χ1v) is 8.56. The van der Waals surface area contributed by atoms with Gasteiger partial charge >= 0.3 is 0 Å². The molecule has 4 nitrogen and oxygen atoms in total. The monoisotopic (exact) mass is 328 g/mol. The molecule has 0 bridgehead atoms. The van der Waals surface area contributed by atoms with Crippen LogP contribution in [0, 0.1) is 19.8 Å². The molecular formula is C20H28N2O2. The van der Waals surface area contributed by atoms with Crippen molar-refractivity contribution in [2.24, 2.45) is 5.92 Å². The minimum Gasteiger partial charge on any atom is -0.396 e. The SMILES string of the molecule is Cc1cc(C(=O)NC(CCO)C(C)C)c(C)n1Cc1ccccc1. The molecule has 1 heterocycles. The Morgan fingerprint density at radius 3 is 2.46 bits per heavy atom. The summed E-state index contributed by atoms with van der Waals surface area (Å²) in [5.74, 6) is 0.225. The summed E-state index contributed by atoms with van der Waals surface area (Å²) in [6, 6.07) is 12.2. The van der Waals surface area contributed by atoms with Gasteiger partial charge in [0.25, 0.3) is 5.91 Å². The zero-order valence-corrected chi connectivity index (χ0v) is 15.0. The zero-order chi connectivity index (χ0) is 17.7. The Kier molecular flexibility index (Phi) is 6.21. The number of aryl methyl sites for hydroxylation is 1. The summed E-state index contributed by atoms with van der Waals surface area (Å²) >= 11 is 0. The fourth-order valence-corrected chi connectivity index (χ4v) is 3.00. The second kappa shape index (κ2) is 8.15. The van der Waals surface area contributed by atoms with Crippen LogP contribution in [-0.4, -0.2) is 28.2 Å². The quantitative estimate of drug-likeness (QED) is 0.819. The molecule has 130 valence electrons. The van der Waals surface area contributed by atoms with Crippen molar-refractivity contribution in [3.05, 3.63) is 58.9 Å². The molecule has 0 aliphatic rings. The van der Waals surface area contributed by atoms with Crippen molar-refractivity contribution in [3.8, 4) is 0 Å². The van der Waals surface area contributed by atoms with Crippen LogP contribution in [0.2, 0.25) is 0 Å². The molecule has 1 aromatic heterocycles. The fraction of sp³-hybridized carbons (Fsp3) is 0.450. The van der Waals surface area contributed by atoms with Crippen LogP contribution >= 0.6 is 0 Å². The first-order valence-electron chi connectivity index (χ1n) is 8.56. The lowest BCUT2D eigenvalue weighted by atomic mass is 10.0. The molecule has 24 heavy (non-hydrogen) atoms. The van der Waals surface area contributed by atoms with Gasteiger partial charge in [0.2, 0.25) is 0 Å². The lowest BCUT2D eigenvalue weighted by Crippen LogP contribution is -2.39. The molecule has 0 saturated carbocycles. The third-order valence-corrected chi connectivity index (χ3v) is 4.56. The van der Waals surface area contributed by atoms with Crippen molar-refractivity contribution in [3.63, 3.8) is 0 Å². The van der Waals surface area contributed by atoms with Gasteiger partial charge in [0, 0.05) is 30.6 Å². The van der Waals surface area contributed by atoms with Gasteiger partial charge < -0.3 is 15.0 Å². The smallest absolute Gasteiger partial charge is 0.253 e. The average Bonchev–Trinajstić information content (AvgIpc) is 2.83. The highest BCUT2D eigenvalue weighted by molar-refractivity contribution is 5.95. The molecule has 2 N–H and O–H groups in total. The Balaban J connectivity index is 2.19. The second-order valence-electron chi connectivity index (χ2n) is 6.69. The molecule has 1 amide bonds. The number of aromatic nitrogens is 1. The number of benzene rings is 1. The first-order chi connectivity index (χ1) is 11.4. The van der Waals surface area contributed by atoms with Gasteiger partial charge in [-0.05, 0) is 37.8 Å². The van der Waals surface area contributed by atoms with Crippen molar-refractivity contribution >= 4 is 5.91 Å². The van der Waals surface area contributed by atoms with E-state index in [9.17, 15) is 9.90 Å². The number of amides is 1. The van der Waals surface area contributed by atoms with Crippen molar-refractivity contribution in [1.82, 2.24) is 9.88 Å². The molecule has 1 unspecified atom stereocenters. The highest BCUT2D eigenvalue weighted by Gasteiger charge is 2.20. The number of carbonyl (C=O) groups is 1. The molecule has 1 aromatic carbocycles. The van der Waals surface area contributed by atoms with E-state index in [0.29, 0.717) is 12.0 Å². The summed E-state index contributed by atoms with van der Waals surface area (Å²) in [4.78, 5) is 12.7. The lowest BCUT2D eigenvalue weighted by Gasteiger charge is -2.21. The van der Waals surface area contributed by atoms with Crippen LogP contribution in [0.4, 0.5) is 0 Å². The van der Waals surface area contributed by atoms with Crippen molar-refractivity contribution in [2.75, 3.05) is 6.61 Å². The number of aliphatic hydroxyl groups is 1.